The van der Waals surface area contributed by atoms with E-state index in [4.69, 9.17) is 0 Å². The van der Waals surface area contributed by atoms with Gasteiger partial charge in [-0.05, 0) is 43.7 Å². The van der Waals surface area contributed by atoms with Crippen LogP contribution in [0.15, 0.2) is 52.2 Å². The Bertz CT molecular complexity index is 1190. The molecule has 1 atom stereocenters. The SMILES string of the molecule is O=C(c1cnc2c(c1)c(=O)[nH]c(=O)n2C1CC1)N1CCCC1Cc1ccccc1. The van der Waals surface area contributed by atoms with Crippen molar-refractivity contribution < 1.29 is 4.79 Å². The molecule has 1 aliphatic heterocycles. The van der Waals surface area contributed by atoms with Crippen molar-refractivity contribution in [2.75, 3.05) is 6.54 Å². The van der Waals surface area contributed by atoms with E-state index in [2.05, 4.69) is 22.1 Å². The minimum atomic E-state index is -0.494. The second-order valence-electron chi connectivity index (χ2n) is 7.94. The molecule has 29 heavy (non-hydrogen) atoms. The Kier molecular flexibility index (Phi) is 4.30. The van der Waals surface area contributed by atoms with E-state index in [-0.39, 0.29) is 18.0 Å². The molecule has 1 unspecified atom stereocenters. The number of benzene rings is 1. The first kappa shape index (κ1) is 17.8. The largest absolute Gasteiger partial charge is 0.335 e. The van der Waals surface area contributed by atoms with Crippen LogP contribution in [0.2, 0.25) is 0 Å². The number of aromatic amines is 1. The Morgan fingerprint density at radius 1 is 1.14 bits per heavy atom. The fourth-order valence-electron chi connectivity index (χ4n) is 4.29. The first-order valence-electron chi connectivity index (χ1n) is 10.1. The normalized spacial score (nSPS) is 19.0. The van der Waals surface area contributed by atoms with Crippen molar-refractivity contribution >= 4 is 16.9 Å². The number of H-pyrrole nitrogens is 1. The van der Waals surface area contributed by atoms with Crippen LogP contribution >= 0.6 is 0 Å². The van der Waals surface area contributed by atoms with Crippen LogP contribution in [0.4, 0.5) is 0 Å². The van der Waals surface area contributed by atoms with Gasteiger partial charge in [-0.25, -0.2) is 9.78 Å². The predicted molar refractivity (Wildman–Crippen MR) is 109 cm³/mol. The first-order chi connectivity index (χ1) is 14.1. The molecular weight excluding hydrogens is 368 g/mol. The van der Waals surface area contributed by atoms with Crippen molar-refractivity contribution in [3.63, 3.8) is 0 Å². The van der Waals surface area contributed by atoms with Gasteiger partial charge in [0.1, 0.15) is 5.65 Å². The maximum absolute atomic E-state index is 13.2. The summed E-state index contributed by atoms with van der Waals surface area (Å²) in [7, 11) is 0. The van der Waals surface area contributed by atoms with Crippen molar-refractivity contribution in [3.05, 3.63) is 74.6 Å². The Morgan fingerprint density at radius 3 is 2.69 bits per heavy atom. The lowest BCUT2D eigenvalue weighted by Crippen LogP contribution is -2.37. The lowest BCUT2D eigenvalue weighted by atomic mass is 10.0. The molecule has 1 aromatic carbocycles. The Labute approximate surface area is 167 Å². The first-order valence-corrected chi connectivity index (χ1v) is 10.1. The number of aromatic nitrogens is 3. The molecule has 1 aliphatic carbocycles. The van der Waals surface area contributed by atoms with E-state index in [1.54, 1.807) is 10.6 Å². The van der Waals surface area contributed by atoms with E-state index in [1.807, 2.05) is 23.1 Å². The van der Waals surface area contributed by atoms with Gasteiger partial charge in [-0.15, -0.1) is 0 Å². The third-order valence-corrected chi connectivity index (χ3v) is 5.89. The van der Waals surface area contributed by atoms with Crippen LogP contribution in [0, 0.1) is 0 Å². The summed E-state index contributed by atoms with van der Waals surface area (Å²) in [5.41, 5.74) is 1.04. The van der Waals surface area contributed by atoms with E-state index in [0.29, 0.717) is 23.1 Å². The third-order valence-electron chi connectivity index (χ3n) is 5.89. The molecule has 1 saturated heterocycles. The molecule has 5 rings (SSSR count). The molecule has 0 radical (unpaired) electrons. The molecule has 3 heterocycles. The average Bonchev–Trinajstić information content (AvgIpc) is 3.46. The number of carbonyl (C=O) groups is 1. The summed E-state index contributed by atoms with van der Waals surface area (Å²) in [6, 6.07) is 12.0. The van der Waals surface area contributed by atoms with E-state index < -0.39 is 11.2 Å². The van der Waals surface area contributed by atoms with Gasteiger partial charge in [0.25, 0.3) is 11.5 Å². The van der Waals surface area contributed by atoms with Gasteiger partial charge in [0.05, 0.1) is 10.9 Å². The highest BCUT2D eigenvalue weighted by Gasteiger charge is 2.31. The molecule has 148 valence electrons. The second-order valence-corrected chi connectivity index (χ2v) is 7.94. The molecule has 0 spiro atoms. The number of hydrogen-bond donors (Lipinski definition) is 1. The van der Waals surface area contributed by atoms with Gasteiger partial charge in [-0.3, -0.25) is 19.1 Å². The molecule has 1 amide bonds. The Morgan fingerprint density at radius 2 is 1.93 bits per heavy atom. The van der Waals surface area contributed by atoms with E-state index in [0.717, 1.165) is 32.1 Å². The van der Waals surface area contributed by atoms with E-state index >= 15 is 0 Å². The molecule has 1 saturated carbocycles. The number of pyridine rings is 1. The summed E-state index contributed by atoms with van der Waals surface area (Å²) in [5.74, 6) is -0.110. The van der Waals surface area contributed by atoms with Gasteiger partial charge in [0.15, 0.2) is 0 Å². The van der Waals surface area contributed by atoms with Crippen molar-refractivity contribution in [3.8, 4) is 0 Å². The minimum absolute atomic E-state index is 0.0877. The van der Waals surface area contributed by atoms with E-state index in [9.17, 15) is 14.4 Å². The molecule has 2 fully saturated rings. The fourth-order valence-corrected chi connectivity index (χ4v) is 4.29. The lowest BCUT2D eigenvalue weighted by molar-refractivity contribution is 0.0736. The van der Waals surface area contributed by atoms with Crippen molar-refractivity contribution in [1.29, 1.82) is 0 Å². The zero-order valence-corrected chi connectivity index (χ0v) is 16.0. The maximum atomic E-state index is 13.2. The minimum Gasteiger partial charge on any atom is -0.335 e. The second kappa shape index (κ2) is 6.99. The summed E-state index contributed by atoms with van der Waals surface area (Å²) >= 11 is 0. The molecule has 1 N–H and O–H groups in total. The van der Waals surface area contributed by atoms with Crippen LogP contribution in [0.5, 0.6) is 0 Å². The average molecular weight is 390 g/mol. The number of likely N-dealkylation sites (tertiary alicyclic amines) is 1. The van der Waals surface area contributed by atoms with Crippen LogP contribution in [0.3, 0.4) is 0 Å². The van der Waals surface area contributed by atoms with Gasteiger partial charge in [-0.2, -0.15) is 0 Å². The Hall–Kier alpha value is -3.22. The van der Waals surface area contributed by atoms with Crippen molar-refractivity contribution in [2.24, 2.45) is 0 Å². The summed E-state index contributed by atoms with van der Waals surface area (Å²) in [4.78, 5) is 46.4. The predicted octanol–water partition coefficient (Wildman–Crippen LogP) is 2.27. The zero-order chi connectivity index (χ0) is 20.0. The molecule has 7 heteroatoms. The fraction of sp³-hybridized carbons (Fsp3) is 0.364. The molecule has 2 aliphatic rings. The quantitative estimate of drug-likeness (QED) is 0.740. The van der Waals surface area contributed by atoms with Crippen LogP contribution < -0.4 is 11.2 Å². The van der Waals surface area contributed by atoms with Crippen LogP contribution in [-0.2, 0) is 6.42 Å². The molecule has 2 aromatic heterocycles. The van der Waals surface area contributed by atoms with Gasteiger partial charge in [0.2, 0.25) is 0 Å². The number of amides is 1. The summed E-state index contributed by atoms with van der Waals surface area (Å²) in [6.07, 6.45) is 6.04. The van der Waals surface area contributed by atoms with Crippen LogP contribution in [0.25, 0.3) is 11.0 Å². The number of fused-ring (bicyclic) bond motifs is 1. The monoisotopic (exact) mass is 390 g/mol. The number of hydrogen-bond acceptors (Lipinski definition) is 4. The highest BCUT2D eigenvalue weighted by atomic mass is 16.2. The number of nitrogens with one attached hydrogen (secondary N) is 1. The standard InChI is InChI=1S/C22H22N4O3/c27-20-18-12-15(13-23-19(18)26(16-8-9-16)22(29)24-20)21(28)25-10-4-7-17(25)11-14-5-2-1-3-6-14/h1-3,5-6,12-13,16-17H,4,7-11H2,(H,24,27,29). The number of carbonyl (C=O) groups excluding carboxylic acids is 1. The Balaban J connectivity index is 1.48. The highest BCUT2D eigenvalue weighted by molar-refractivity contribution is 5.97. The van der Waals surface area contributed by atoms with Crippen LogP contribution in [0.1, 0.15) is 47.6 Å². The molecular formula is C22H22N4O3. The third kappa shape index (κ3) is 3.26. The molecule has 0 bridgehead atoms. The topological polar surface area (TPSA) is 88.1 Å². The smallest absolute Gasteiger partial charge is 0.330 e. The van der Waals surface area contributed by atoms with E-state index in [1.165, 1.54) is 11.8 Å². The van der Waals surface area contributed by atoms with Gasteiger partial charge in [0, 0.05) is 24.8 Å². The summed E-state index contributed by atoms with van der Waals surface area (Å²) in [6.45, 7) is 0.701. The molecule has 3 aromatic rings. The molecule has 7 nitrogen and oxygen atoms in total. The highest BCUT2D eigenvalue weighted by Crippen LogP contribution is 2.34. The van der Waals surface area contributed by atoms with Gasteiger partial charge in [-0.1, -0.05) is 30.3 Å². The maximum Gasteiger partial charge on any atom is 0.330 e. The summed E-state index contributed by atoms with van der Waals surface area (Å²) in [5, 5.41) is 0.293. The zero-order valence-electron chi connectivity index (χ0n) is 16.0. The van der Waals surface area contributed by atoms with Gasteiger partial charge >= 0.3 is 5.69 Å². The van der Waals surface area contributed by atoms with Gasteiger partial charge < -0.3 is 4.90 Å². The van der Waals surface area contributed by atoms with Crippen molar-refractivity contribution in [2.45, 2.75) is 44.2 Å². The lowest BCUT2D eigenvalue weighted by Gasteiger charge is -2.25. The number of rotatable bonds is 4. The van der Waals surface area contributed by atoms with Crippen LogP contribution in [-0.4, -0.2) is 37.9 Å². The van der Waals surface area contributed by atoms with Crippen molar-refractivity contribution in [1.82, 2.24) is 19.4 Å². The summed E-state index contributed by atoms with van der Waals surface area (Å²) < 4.78 is 1.54. The number of nitrogens with zero attached hydrogens (tertiary/aromatic N) is 3.